The van der Waals surface area contributed by atoms with E-state index < -0.39 is 11.5 Å². The number of hydrogen-bond acceptors (Lipinski definition) is 3. The normalized spacial score (nSPS) is 25.9. The molecule has 1 aliphatic carbocycles. The zero-order valence-corrected chi connectivity index (χ0v) is 13.3. The fourth-order valence-corrected chi connectivity index (χ4v) is 2.75. The van der Waals surface area contributed by atoms with E-state index in [0.717, 1.165) is 11.3 Å². The van der Waals surface area contributed by atoms with E-state index in [1.165, 1.54) is 5.56 Å². The van der Waals surface area contributed by atoms with Gasteiger partial charge in [0.05, 0.1) is 0 Å². The summed E-state index contributed by atoms with van der Waals surface area (Å²) < 4.78 is 5.98. The minimum absolute atomic E-state index is 0.104. The highest BCUT2D eigenvalue weighted by Crippen LogP contribution is 2.33. The van der Waals surface area contributed by atoms with Crippen molar-refractivity contribution in [1.82, 2.24) is 0 Å². The summed E-state index contributed by atoms with van der Waals surface area (Å²) in [6.07, 6.45) is 1.39. The van der Waals surface area contributed by atoms with Crippen LogP contribution in [0.25, 0.3) is 0 Å². The van der Waals surface area contributed by atoms with Crippen LogP contribution in [0.2, 0.25) is 0 Å². The highest BCUT2D eigenvalue weighted by molar-refractivity contribution is 5.79. The average molecular weight is 291 g/mol. The lowest BCUT2D eigenvalue weighted by atomic mass is 9.86. The van der Waals surface area contributed by atoms with Gasteiger partial charge in [0.2, 0.25) is 0 Å². The molecule has 116 valence electrons. The Balaban J connectivity index is 2.10. The van der Waals surface area contributed by atoms with Gasteiger partial charge < -0.3 is 15.6 Å². The summed E-state index contributed by atoms with van der Waals surface area (Å²) in [5.41, 5.74) is 7.19. The summed E-state index contributed by atoms with van der Waals surface area (Å²) >= 11 is 0. The first-order valence-electron chi connectivity index (χ1n) is 7.42. The molecule has 0 aromatic heterocycles. The number of nitrogens with two attached hydrogens (primary N) is 1. The van der Waals surface area contributed by atoms with Crippen LogP contribution in [-0.4, -0.2) is 22.7 Å². The number of aryl methyl sites for hydroxylation is 1. The van der Waals surface area contributed by atoms with Gasteiger partial charge in [0.25, 0.3) is 0 Å². The molecule has 21 heavy (non-hydrogen) atoms. The van der Waals surface area contributed by atoms with Crippen LogP contribution in [-0.2, 0) is 10.2 Å². The maximum atomic E-state index is 11.2. The molecule has 2 unspecified atom stereocenters. The van der Waals surface area contributed by atoms with Crippen LogP contribution in [0.5, 0.6) is 5.75 Å². The van der Waals surface area contributed by atoms with Gasteiger partial charge in [-0.05, 0) is 42.4 Å². The Hall–Kier alpha value is -1.55. The van der Waals surface area contributed by atoms with E-state index in [1.807, 2.05) is 13.0 Å². The van der Waals surface area contributed by atoms with Gasteiger partial charge in [-0.2, -0.15) is 0 Å². The zero-order valence-electron chi connectivity index (χ0n) is 13.3. The number of benzene rings is 1. The van der Waals surface area contributed by atoms with Crippen molar-refractivity contribution in [3.8, 4) is 5.75 Å². The third-order valence-electron chi connectivity index (χ3n) is 4.26. The zero-order chi connectivity index (χ0) is 15.8. The van der Waals surface area contributed by atoms with E-state index in [0.29, 0.717) is 19.3 Å². The lowest BCUT2D eigenvalue weighted by Gasteiger charge is -2.22. The van der Waals surface area contributed by atoms with Crippen molar-refractivity contribution in [3.05, 3.63) is 29.3 Å². The van der Waals surface area contributed by atoms with Gasteiger partial charge in [0.15, 0.2) is 0 Å². The number of carboxylic acid groups (broad SMARTS) is 1. The number of hydrogen-bond donors (Lipinski definition) is 2. The molecule has 1 fully saturated rings. The molecule has 0 radical (unpaired) electrons. The molecule has 2 rings (SSSR count). The van der Waals surface area contributed by atoms with Crippen molar-refractivity contribution in [2.75, 3.05) is 0 Å². The Morgan fingerprint density at radius 3 is 2.57 bits per heavy atom. The molecular weight excluding hydrogens is 266 g/mol. The second-order valence-corrected chi connectivity index (χ2v) is 7.17. The van der Waals surface area contributed by atoms with Crippen molar-refractivity contribution >= 4 is 5.97 Å². The van der Waals surface area contributed by atoms with Crippen LogP contribution < -0.4 is 10.5 Å². The molecule has 0 saturated heterocycles. The molecule has 4 heteroatoms. The molecule has 1 saturated carbocycles. The SMILES string of the molecule is Cc1cc(C(C)(C)C)ccc1OC1CCC(N)(C(=O)O)C1. The third-order valence-corrected chi connectivity index (χ3v) is 4.26. The van der Waals surface area contributed by atoms with E-state index in [-0.39, 0.29) is 11.5 Å². The molecule has 0 aliphatic heterocycles. The Morgan fingerprint density at radius 2 is 2.10 bits per heavy atom. The van der Waals surface area contributed by atoms with Crippen LogP contribution in [0.3, 0.4) is 0 Å². The van der Waals surface area contributed by atoms with E-state index in [2.05, 4.69) is 32.9 Å². The minimum Gasteiger partial charge on any atom is -0.490 e. The first-order valence-corrected chi connectivity index (χ1v) is 7.42. The second kappa shape index (κ2) is 5.34. The van der Waals surface area contributed by atoms with Crippen LogP contribution in [0, 0.1) is 6.92 Å². The maximum absolute atomic E-state index is 11.2. The highest BCUT2D eigenvalue weighted by atomic mass is 16.5. The molecule has 2 atom stereocenters. The van der Waals surface area contributed by atoms with Gasteiger partial charge in [0, 0.05) is 6.42 Å². The number of carbonyl (C=O) groups is 1. The molecule has 1 aromatic rings. The smallest absolute Gasteiger partial charge is 0.323 e. The number of rotatable bonds is 3. The van der Waals surface area contributed by atoms with Gasteiger partial charge in [-0.3, -0.25) is 4.79 Å². The Bertz CT molecular complexity index is 547. The summed E-state index contributed by atoms with van der Waals surface area (Å²) in [5, 5.41) is 9.16. The molecule has 1 aliphatic rings. The summed E-state index contributed by atoms with van der Waals surface area (Å²) in [7, 11) is 0. The van der Waals surface area contributed by atoms with Crippen molar-refractivity contribution in [2.24, 2.45) is 5.73 Å². The number of aliphatic carboxylic acids is 1. The Morgan fingerprint density at radius 1 is 1.43 bits per heavy atom. The van der Waals surface area contributed by atoms with Crippen molar-refractivity contribution in [2.45, 2.75) is 64.0 Å². The van der Waals surface area contributed by atoms with E-state index in [1.54, 1.807) is 0 Å². The summed E-state index contributed by atoms with van der Waals surface area (Å²) in [5.74, 6) is -0.115. The van der Waals surface area contributed by atoms with E-state index in [9.17, 15) is 4.79 Å². The fraction of sp³-hybridized carbons (Fsp3) is 0.588. The summed E-state index contributed by atoms with van der Waals surface area (Å²) in [6.45, 7) is 8.55. The van der Waals surface area contributed by atoms with E-state index >= 15 is 0 Å². The van der Waals surface area contributed by atoms with Gasteiger partial charge in [0.1, 0.15) is 17.4 Å². The Kier molecular flexibility index (Phi) is 4.02. The van der Waals surface area contributed by atoms with Crippen molar-refractivity contribution in [1.29, 1.82) is 0 Å². The van der Waals surface area contributed by atoms with Gasteiger partial charge >= 0.3 is 5.97 Å². The molecule has 0 bridgehead atoms. The van der Waals surface area contributed by atoms with Crippen molar-refractivity contribution < 1.29 is 14.6 Å². The first-order chi connectivity index (χ1) is 9.62. The second-order valence-electron chi connectivity index (χ2n) is 7.17. The lowest BCUT2D eigenvalue weighted by molar-refractivity contribution is -0.143. The van der Waals surface area contributed by atoms with Gasteiger partial charge in [-0.15, -0.1) is 0 Å². The summed E-state index contributed by atoms with van der Waals surface area (Å²) in [6, 6.07) is 6.19. The number of carboxylic acids is 1. The van der Waals surface area contributed by atoms with Crippen LogP contribution in [0.4, 0.5) is 0 Å². The number of ether oxygens (including phenoxy) is 1. The molecule has 3 N–H and O–H groups in total. The predicted octanol–water partition coefficient (Wildman–Crippen LogP) is 3.01. The minimum atomic E-state index is -1.13. The van der Waals surface area contributed by atoms with Crippen LogP contribution in [0.15, 0.2) is 18.2 Å². The quantitative estimate of drug-likeness (QED) is 0.898. The maximum Gasteiger partial charge on any atom is 0.323 e. The third kappa shape index (κ3) is 3.38. The highest BCUT2D eigenvalue weighted by Gasteiger charge is 2.43. The molecule has 0 spiro atoms. The molecular formula is C17H25NO3. The Labute approximate surface area is 126 Å². The average Bonchev–Trinajstić information content (AvgIpc) is 2.74. The topological polar surface area (TPSA) is 72.5 Å². The lowest BCUT2D eigenvalue weighted by Crippen LogP contribution is -2.46. The molecule has 1 aromatic carbocycles. The van der Waals surface area contributed by atoms with Crippen LogP contribution >= 0.6 is 0 Å². The van der Waals surface area contributed by atoms with Crippen molar-refractivity contribution in [3.63, 3.8) is 0 Å². The first kappa shape index (κ1) is 15.8. The molecule has 0 heterocycles. The fourth-order valence-electron chi connectivity index (χ4n) is 2.75. The largest absolute Gasteiger partial charge is 0.490 e. The predicted molar refractivity (Wildman–Crippen MR) is 82.7 cm³/mol. The van der Waals surface area contributed by atoms with E-state index in [4.69, 9.17) is 15.6 Å². The van der Waals surface area contributed by atoms with Crippen LogP contribution in [0.1, 0.15) is 51.2 Å². The molecule has 0 amide bonds. The van der Waals surface area contributed by atoms with Gasteiger partial charge in [-0.25, -0.2) is 0 Å². The van der Waals surface area contributed by atoms with Gasteiger partial charge in [-0.1, -0.05) is 32.9 Å². The molecule has 4 nitrogen and oxygen atoms in total. The standard InChI is InChI=1S/C17H25NO3/c1-11-9-12(16(2,3)4)5-6-14(11)21-13-7-8-17(18,10-13)15(19)20/h5-6,9,13H,7-8,10,18H2,1-4H3,(H,19,20). The monoisotopic (exact) mass is 291 g/mol. The summed E-state index contributed by atoms with van der Waals surface area (Å²) in [4.78, 5) is 11.2.